The molecule has 8 atom stereocenters. The van der Waals surface area contributed by atoms with Crippen molar-refractivity contribution in [1.82, 2.24) is 29.4 Å². The van der Waals surface area contributed by atoms with Crippen molar-refractivity contribution in [3.8, 4) is 0 Å². The second-order valence-corrected chi connectivity index (χ2v) is 47.3. The number of carbonyl (C=O) groups is 3. The van der Waals surface area contributed by atoms with Crippen molar-refractivity contribution in [2.24, 2.45) is 78.3 Å². The fourth-order valence-corrected chi connectivity index (χ4v) is 16.8. The number of amides is 3. The Kier molecular flexibility index (Phi) is 48.6. The number of ether oxygens (including phenoxy) is 7. The number of hydrogen-bond donors (Lipinski definition) is 0. The molecule has 9 aliphatic heterocycles. The quantitative estimate of drug-likeness (QED) is 0.222. The SMILES string of the molecule is C=S(C)(=O)C1CCOC(C(C)(C)C)C1.CC(=O)N1CCOC(C(C)(C)C)C1.CC(C)(C)C1CCCCO1.CC(C)(C)C1CCCOC1.CC(C)(C)C1CCN(CCF)CC1.CC(C)C(=O)N1CCOC(C(C)(C)C)C1.CCN1CCC(C(C)(C)C)CC1.CN1CCC(C(C)(C)C)CC1.COCC(=O)N1CCOC(C(C)(C)C)C1. The molecule has 0 aliphatic carbocycles. The van der Waals surface area contributed by atoms with Gasteiger partial charge in [0.25, 0.3) is 0 Å². The Hall–Kier alpha value is -2.04. The summed E-state index contributed by atoms with van der Waals surface area (Å²) in [5.74, 6) is 7.80. The Bertz CT molecular complexity index is 2630. The molecular formula is C94H187FN6O11S. The van der Waals surface area contributed by atoms with Crippen LogP contribution in [-0.4, -0.2) is 265 Å². The predicted octanol–water partition coefficient (Wildman–Crippen LogP) is 18.9. The van der Waals surface area contributed by atoms with Crippen LogP contribution in [0.15, 0.2) is 0 Å². The van der Waals surface area contributed by atoms with E-state index in [0.717, 1.165) is 102 Å². The molecule has 9 saturated heterocycles. The molecule has 113 heavy (non-hydrogen) atoms. The molecule has 19 heteroatoms. The molecule has 3 amide bonds. The van der Waals surface area contributed by atoms with Crippen LogP contribution < -0.4 is 0 Å². The lowest BCUT2D eigenvalue weighted by Gasteiger charge is -2.40. The molecule has 0 N–H and O–H groups in total. The van der Waals surface area contributed by atoms with E-state index >= 15 is 0 Å². The van der Waals surface area contributed by atoms with Gasteiger partial charge in [-0.25, -0.2) is 4.39 Å². The maximum Gasteiger partial charge on any atom is 0.248 e. The van der Waals surface area contributed by atoms with Crippen LogP contribution in [0.4, 0.5) is 4.39 Å². The van der Waals surface area contributed by atoms with Gasteiger partial charge in [0, 0.05) is 104 Å². The first-order valence-electron chi connectivity index (χ1n) is 44.6. The lowest BCUT2D eigenvalue weighted by Crippen LogP contribution is -2.51. The number of alkyl halides is 1. The zero-order valence-electron chi connectivity index (χ0n) is 80.5. The maximum absolute atomic E-state index is 12.1. The van der Waals surface area contributed by atoms with Gasteiger partial charge < -0.3 is 62.6 Å². The van der Waals surface area contributed by atoms with Gasteiger partial charge in [0.05, 0.1) is 50.3 Å². The van der Waals surface area contributed by atoms with Crippen LogP contribution in [0.25, 0.3) is 0 Å². The van der Waals surface area contributed by atoms with Gasteiger partial charge in [-0.1, -0.05) is 208 Å². The summed E-state index contributed by atoms with van der Waals surface area (Å²) in [5, 5.41) is 0.237. The topological polar surface area (TPSA) is 152 Å². The molecule has 0 radical (unpaired) electrons. The first kappa shape index (κ1) is 109. The zero-order chi connectivity index (χ0) is 87.0. The summed E-state index contributed by atoms with van der Waals surface area (Å²) < 4.78 is 62.5. The van der Waals surface area contributed by atoms with Crippen molar-refractivity contribution < 1.29 is 56.1 Å². The van der Waals surface area contributed by atoms with E-state index in [1.54, 1.807) is 20.3 Å². The second-order valence-electron chi connectivity index (χ2n) is 44.5. The second kappa shape index (κ2) is 50.4. The minimum Gasteiger partial charge on any atom is -0.381 e. The van der Waals surface area contributed by atoms with Gasteiger partial charge in [-0.3, -0.25) is 18.6 Å². The van der Waals surface area contributed by atoms with Crippen molar-refractivity contribution >= 4 is 33.1 Å². The molecule has 9 rings (SSSR count). The largest absolute Gasteiger partial charge is 0.381 e. The number of rotatable bonds is 7. The van der Waals surface area contributed by atoms with Crippen LogP contribution in [0, 0.1) is 78.3 Å². The van der Waals surface area contributed by atoms with Crippen molar-refractivity contribution in [3.63, 3.8) is 0 Å². The average Bonchev–Trinajstić information content (AvgIpc) is 0.827. The van der Waals surface area contributed by atoms with E-state index in [2.05, 4.69) is 221 Å². The van der Waals surface area contributed by atoms with Gasteiger partial charge in [0.2, 0.25) is 17.7 Å². The molecule has 17 nitrogen and oxygen atoms in total. The van der Waals surface area contributed by atoms with E-state index < -0.39 is 9.52 Å². The lowest BCUT2D eigenvalue weighted by molar-refractivity contribution is -0.147. The third-order valence-corrected chi connectivity index (χ3v) is 26.7. The van der Waals surface area contributed by atoms with Crippen molar-refractivity contribution in [1.29, 1.82) is 0 Å². The molecule has 9 heterocycles. The van der Waals surface area contributed by atoms with Crippen LogP contribution in [-0.2, 0) is 57.1 Å². The number of nitrogens with zero attached hydrogens (tertiary/aromatic N) is 6. The third-order valence-electron chi connectivity index (χ3n) is 24.8. The Morgan fingerprint density at radius 3 is 1.16 bits per heavy atom. The minimum absolute atomic E-state index is 0.0510. The molecule has 0 bridgehead atoms. The van der Waals surface area contributed by atoms with Crippen molar-refractivity contribution in [2.75, 3.05) is 172 Å². The molecule has 672 valence electrons. The van der Waals surface area contributed by atoms with Crippen LogP contribution >= 0.6 is 0 Å². The number of methoxy groups -OCH3 is 1. The smallest absolute Gasteiger partial charge is 0.248 e. The summed E-state index contributed by atoms with van der Waals surface area (Å²) in [5.41, 5.74) is 2.73. The van der Waals surface area contributed by atoms with Gasteiger partial charge >= 0.3 is 0 Å². The first-order chi connectivity index (χ1) is 51.7. The molecule has 9 aliphatic rings. The fourth-order valence-electron chi connectivity index (χ4n) is 15.6. The van der Waals surface area contributed by atoms with Crippen LogP contribution in [0.3, 0.4) is 0 Å². The zero-order valence-corrected chi connectivity index (χ0v) is 81.3. The van der Waals surface area contributed by atoms with E-state index in [-0.39, 0.29) is 88.2 Å². The normalized spacial score (nSPS) is 25.5. The molecule has 8 unspecified atom stereocenters. The summed E-state index contributed by atoms with van der Waals surface area (Å²) in [6.07, 6.45) is 19.2. The summed E-state index contributed by atoms with van der Waals surface area (Å²) in [6.45, 7) is 87.5. The van der Waals surface area contributed by atoms with E-state index in [4.69, 9.17) is 33.2 Å². The van der Waals surface area contributed by atoms with Gasteiger partial charge in [-0.2, -0.15) is 0 Å². The Labute approximate surface area is 698 Å². The number of morpholine rings is 3. The van der Waals surface area contributed by atoms with E-state index in [0.29, 0.717) is 72.6 Å². The van der Waals surface area contributed by atoms with E-state index in [1.807, 2.05) is 28.5 Å². The van der Waals surface area contributed by atoms with Gasteiger partial charge in [0.15, 0.2) is 0 Å². The number of hydrogen-bond acceptors (Lipinski definition) is 14. The van der Waals surface area contributed by atoms with Crippen LogP contribution in [0.5, 0.6) is 0 Å². The maximum atomic E-state index is 12.1. The molecule has 0 spiro atoms. The Morgan fingerprint density at radius 1 is 0.451 bits per heavy atom. The summed E-state index contributed by atoms with van der Waals surface area (Å²) in [4.78, 5) is 47.4. The van der Waals surface area contributed by atoms with Gasteiger partial charge in [-0.05, 0) is 224 Å². The highest BCUT2D eigenvalue weighted by molar-refractivity contribution is 8.00. The molecule has 0 aromatic carbocycles. The van der Waals surface area contributed by atoms with E-state index in [9.17, 15) is 23.0 Å². The van der Waals surface area contributed by atoms with E-state index in [1.165, 1.54) is 103 Å². The van der Waals surface area contributed by atoms with Gasteiger partial charge in [-0.15, -0.1) is 0 Å². The van der Waals surface area contributed by atoms with Crippen molar-refractivity contribution in [2.45, 2.75) is 334 Å². The highest BCUT2D eigenvalue weighted by Crippen LogP contribution is 2.39. The predicted molar refractivity (Wildman–Crippen MR) is 478 cm³/mol. The minimum atomic E-state index is -1.90. The first-order valence-corrected chi connectivity index (χ1v) is 46.8. The molecular weight excluding hydrogens is 1440 g/mol. The number of likely N-dealkylation sites (tertiary alicyclic amines) is 3. The number of halogens is 1. The monoisotopic (exact) mass is 1630 g/mol. The van der Waals surface area contributed by atoms with Crippen LogP contribution in [0.2, 0.25) is 0 Å². The number of carbonyl (C=O) groups excluding carboxylic acids is 3. The van der Waals surface area contributed by atoms with Crippen molar-refractivity contribution in [3.05, 3.63) is 0 Å². The number of piperidine rings is 3. The molecule has 0 aromatic heterocycles. The summed E-state index contributed by atoms with van der Waals surface area (Å²) in [7, 11) is 1.86. The summed E-state index contributed by atoms with van der Waals surface area (Å²) >= 11 is 0. The molecule has 0 aromatic rings. The molecule has 0 saturated carbocycles. The molecule has 9 fully saturated rings. The Balaban J connectivity index is 0.000000638. The Morgan fingerprint density at radius 2 is 0.832 bits per heavy atom. The fraction of sp³-hybridized carbons (Fsp3) is 0.957. The summed E-state index contributed by atoms with van der Waals surface area (Å²) in [6, 6.07) is 0. The highest BCUT2D eigenvalue weighted by atomic mass is 32.2. The third kappa shape index (κ3) is 45.4. The van der Waals surface area contributed by atoms with Crippen LogP contribution in [0.1, 0.15) is 298 Å². The standard InChI is InChI=1S/C12H23NO2.C11H22FN.C11H21NO3.C11H23N.C11H22O2S.C10H19NO2.C10H21N.2C9H18O/c1-9(2)11(14)13-6-7-15-10(8-13)12(3,4)5;1-11(2,3)10-4-7-13(8-5-10)9-6-12;1-11(2,3)9-7-12(5-6-15-9)10(13)8-14-4;1-5-12-8-6-10(7-9-12)11(2,3)4;1-11(2,3)10-8-9(6-7-13-10)14(4,5)12;1-8(12)11-5-6-13-9(7-11)10(2,3)4;1-10(2,3)9-5-7-11(4)8-6-9;1-9(2,3)8-5-4-6-10-7-8;1-9(2,3)8-6-4-5-7-10-8/h9-10H,6-8H2,1-5H3;10H,4-9H2,1-3H3;9H,5-8H2,1-4H3;10H,5-9H2,1-4H3;9-10H,4,6-8H2,1-3,5H3;9H,5-7H2,1-4H3;9H,5-8H2,1-4H3;2*8H,4-7H2,1-3H3. The van der Waals surface area contributed by atoms with Gasteiger partial charge in [0.1, 0.15) is 13.3 Å². The average molecular weight is 1630 g/mol. The lowest BCUT2D eigenvalue weighted by atomic mass is 9.75. The highest BCUT2D eigenvalue weighted by Gasteiger charge is 2.38.